The van der Waals surface area contributed by atoms with Gasteiger partial charge in [-0.1, -0.05) is 58.2 Å². The molecule has 1 fully saturated rings. The summed E-state index contributed by atoms with van der Waals surface area (Å²) in [5.74, 6) is 0. The zero-order chi connectivity index (χ0) is 22.8. The van der Waals surface area contributed by atoms with E-state index in [9.17, 15) is 0 Å². The van der Waals surface area contributed by atoms with Crippen LogP contribution in [-0.4, -0.2) is 35.6 Å². The second-order valence-corrected chi connectivity index (χ2v) is 10.6. The van der Waals surface area contributed by atoms with Gasteiger partial charge in [0.15, 0.2) is 0 Å². The van der Waals surface area contributed by atoms with E-state index in [1.165, 1.54) is 22.4 Å². The van der Waals surface area contributed by atoms with Gasteiger partial charge in [-0.15, -0.1) is 11.3 Å². The zero-order valence-corrected chi connectivity index (χ0v) is 20.8. The van der Waals surface area contributed by atoms with Crippen LogP contribution in [0.1, 0.15) is 57.8 Å². The fourth-order valence-corrected chi connectivity index (χ4v) is 5.51. The standard InChI is InChI=1S/C26H38N4S/c1-17(21-11-13-22(14-12-21)24-19(3)28-16-31-24)29-18(2)23-10-9-15-30(23)20(4)25(27-8)26(5,6)7/h11-14,16-17,23,25,27,29H,2,4,9-10,15H2,1,3,5-8H3. The highest BCUT2D eigenvalue weighted by atomic mass is 32.1. The van der Waals surface area contributed by atoms with Gasteiger partial charge < -0.3 is 15.5 Å². The minimum Gasteiger partial charge on any atom is -0.381 e. The van der Waals surface area contributed by atoms with Crippen molar-refractivity contribution in [1.29, 1.82) is 0 Å². The van der Waals surface area contributed by atoms with E-state index in [1.807, 2.05) is 12.6 Å². The molecule has 0 bridgehead atoms. The Kier molecular flexibility index (Phi) is 7.28. The van der Waals surface area contributed by atoms with Crippen LogP contribution in [-0.2, 0) is 0 Å². The van der Waals surface area contributed by atoms with Crippen molar-refractivity contribution in [2.75, 3.05) is 13.6 Å². The van der Waals surface area contributed by atoms with Crippen LogP contribution in [0.2, 0.25) is 0 Å². The first-order valence-electron chi connectivity index (χ1n) is 11.2. The summed E-state index contributed by atoms with van der Waals surface area (Å²) in [6.45, 7) is 21.0. The minimum atomic E-state index is 0.110. The summed E-state index contributed by atoms with van der Waals surface area (Å²) < 4.78 is 0. The van der Waals surface area contributed by atoms with E-state index in [-0.39, 0.29) is 23.5 Å². The molecule has 3 atom stereocenters. The van der Waals surface area contributed by atoms with Gasteiger partial charge in [-0.2, -0.15) is 0 Å². The Hall–Kier alpha value is -2.11. The third-order valence-corrected chi connectivity index (χ3v) is 7.31. The monoisotopic (exact) mass is 438 g/mol. The number of benzene rings is 1. The Morgan fingerprint density at radius 3 is 2.45 bits per heavy atom. The number of aryl methyl sites for hydroxylation is 1. The molecule has 0 aliphatic carbocycles. The Balaban J connectivity index is 1.67. The van der Waals surface area contributed by atoms with Crippen LogP contribution in [0.25, 0.3) is 10.4 Å². The number of thiazole rings is 1. The number of nitrogens with one attached hydrogen (secondary N) is 2. The molecule has 5 heteroatoms. The molecule has 0 radical (unpaired) electrons. The summed E-state index contributed by atoms with van der Waals surface area (Å²) in [5, 5.41) is 7.15. The lowest BCUT2D eigenvalue weighted by Gasteiger charge is -2.40. The highest BCUT2D eigenvalue weighted by Crippen LogP contribution is 2.33. The second kappa shape index (κ2) is 9.58. The number of hydrogen-bond acceptors (Lipinski definition) is 5. The van der Waals surface area contributed by atoms with Crippen molar-refractivity contribution in [2.24, 2.45) is 5.41 Å². The van der Waals surface area contributed by atoms with Gasteiger partial charge in [0.25, 0.3) is 0 Å². The van der Waals surface area contributed by atoms with Crippen molar-refractivity contribution in [2.45, 2.75) is 65.6 Å². The predicted octanol–water partition coefficient (Wildman–Crippen LogP) is 5.90. The highest BCUT2D eigenvalue weighted by molar-refractivity contribution is 7.13. The molecule has 2 heterocycles. The molecule has 1 aromatic carbocycles. The van der Waals surface area contributed by atoms with E-state index in [0.29, 0.717) is 0 Å². The fraction of sp³-hybridized carbons (Fsp3) is 0.500. The number of likely N-dealkylation sites (N-methyl/N-ethyl adjacent to an activating group) is 1. The Morgan fingerprint density at radius 2 is 1.90 bits per heavy atom. The van der Waals surface area contributed by atoms with Gasteiger partial charge in [-0.3, -0.25) is 0 Å². The van der Waals surface area contributed by atoms with Crippen molar-refractivity contribution in [3.05, 3.63) is 65.6 Å². The maximum Gasteiger partial charge on any atom is 0.0801 e. The van der Waals surface area contributed by atoms with Gasteiger partial charge in [-0.05, 0) is 50.3 Å². The van der Waals surface area contributed by atoms with Crippen molar-refractivity contribution < 1.29 is 0 Å². The first-order valence-corrected chi connectivity index (χ1v) is 12.1. The summed E-state index contributed by atoms with van der Waals surface area (Å²) in [5.41, 5.74) is 7.85. The van der Waals surface area contributed by atoms with Crippen LogP contribution >= 0.6 is 11.3 Å². The third-order valence-electron chi connectivity index (χ3n) is 6.33. The molecule has 1 aromatic heterocycles. The Labute approximate surface area is 192 Å². The van der Waals surface area contributed by atoms with Gasteiger partial charge >= 0.3 is 0 Å². The molecule has 168 valence electrons. The molecule has 2 N–H and O–H groups in total. The van der Waals surface area contributed by atoms with Crippen LogP contribution in [0.4, 0.5) is 0 Å². The van der Waals surface area contributed by atoms with Crippen molar-refractivity contribution in [3.8, 4) is 10.4 Å². The average molecular weight is 439 g/mol. The summed E-state index contributed by atoms with van der Waals surface area (Å²) >= 11 is 1.69. The third kappa shape index (κ3) is 5.21. The van der Waals surface area contributed by atoms with Gasteiger partial charge in [0, 0.05) is 24.0 Å². The molecule has 1 aliphatic rings. The lowest BCUT2D eigenvalue weighted by atomic mass is 9.84. The van der Waals surface area contributed by atoms with E-state index in [4.69, 9.17) is 0 Å². The minimum absolute atomic E-state index is 0.110. The van der Waals surface area contributed by atoms with E-state index >= 15 is 0 Å². The van der Waals surface area contributed by atoms with Crippen LogP contribution in [0.5, 0.6) is 0 Å². The van der Waals surface area contributed by atoms with Gasteiger partial charge in [-0.25, -0.2) is 4.98 Å². The van der Waals surface area contributed by atoms with E-state index < -0.39 is 0 Å². The largest absolute Gasteiger partial charge is 0.381 e. The molecule has 0 saturated carbocycles. The number of rotatable bonds is 8. The molecule has 1 aliphatic heterocycles. The van der Waals surface area contributed by atoms with Crippen molar-refractivity contribution in [3.63, 3.8) is 0 Å². The predicted molar refractivity (Wildman–Crippen MR) is 134 cm³/mol. The highest BCUT2D eigenvalue weighted by Gasteiger charge is 2.35. The maximum absolute atomic E-state index is 4.48. The quantitative estimate of drug-likeness (QED) is 0.539. The summed E-state index contributed by atoms with van der Waals surface area (Å²) in [6.07, 6.45) is 2.28. The fourth-order valence-electron chi connectivity index (χ4n) is 4.70. The van der Waals surface area contributed by atoms with Crippen LogP contribution < -0.4 is 10.6 Å². The maximum atomic E-state index is 4.48. The van der Waals surface area contributed by atoms with Crippen molar-refractivity contribution in [1.82, 2.24) is 20.5 Å². The second-order valence-electron chi connectivity index (χ2n) is 9.71. The summed E-state index contributed by atoms with van der Waals surface area (Å²) in [7, 11) is 2.03. The molecule has 31 heavy (non-hydrogen) atoms. The first-order chi connectivity index (χ1) is 14.6. The normalized spacial score (nSPS) is 18.6. The SMILES string of the molecule is C=C(NC(C)c1ccc(-c2scnc2C)cc1)C1CCCN1C(=C)C(NC)C(C)(C)C. The van der Waals surface area contributed by atoms with Gasteiger partial charge in [0.1, 0.15) is 0 Å². The van der Waals surface area contributed by atoms with Crippen LogP contribution in [0.15, 0.2) is 54.3 Å². The Morgan fingerprint density at radius 1 is 1.23 bits per heavy atom. The number of likely N-dealkylation sites (tertiary alicyclic amines) is 1. The van der Waals surface area contributed by atoms with Gasteiger partial charge in [0.2, 0.25) is 0 Å². The lowest BCUT2D eigenvalue weighted by molar-refractivity contribution is 0.235. The van der Waals surface area contributed by atoms with E-state index in [0.717, 1.165) is 30.1 Å². The molecule has 4 nitrogen and oxygen atoms in total. The molecule has 0 spiro atoms. The van der Waals surface area contributed by atoms with Gasteiger partial charge in [0.05, 0.1) is 28.2 Å². The van der Waals surface area contributed by atoms with Crippen LogP contribution in [0, 0.1) is 12.3 Å². The number of nitrogens with zero attached hydrogens (tertiary/aromatic N) is 2. The van der Waals surface area contributed by atoms with E-state index in [2.05, 4.69) is 92.6 Å². The first kappa shape index (κ1) is 23.6. The van der Waals surface area contributed by atoms with E-state index in [1.54, 1.807) is 11.3 Å². The summed E-state index contributed by atoms with van der Waals surface area (Å²) in [4.78, 5) is 8.06. The topological polar surface area (TPSA) is 40.2 Å². The smallest absolute Gasteiger partial charge is 0.0801 e. The number of hydrogen-bond donors (Lipinski definition) is 2. The zero-order valence-electron chi connectivity index (χ0n) is 20.0. The molecule has 2 aromatic rings. The number of aromatic nitrogens is 1. The lowest BCUT2D eigenvalue weighted by Crippen LogP contribution is -2.47. The molecule has 3 rings (SSSR count). The molecule has 0 amide bonds. The van der Waals surface area contributed by atoms with Crippen LogP contribution in [0.3, 0.4) is 0 Å². The molecular formula is C26H38N4S. The van der Waals surface area contributed by atoms with Crippen molar-refractivity contribution >= 4 is 11.3 Å². The Bertz CT molecular complexity index is 906. The molecule has 3 unspecified atom stereocenters. The molecule has 1 saturated heterocycles. The summed E-state index contributed by atoms with van der Waals surface area (Å²) in [6, 6.07) is 9.53. The molecular weight excluding hydrogens is 400 g/mol. The average Bonchev–Trinajstić information content (AvgIpc) is 3.36.